The molecule has 3 saturated heterocycles. The Hall–Kier alpha value is -6.03. The van der Waals surface area contributed by atoms with Crippen molar-refractivity contribution in [3.8, 4) is 5.88 Å². The number of nitrogens with one attached hydrogen (secondary N) is 4. The van der Waals surface area contributed by atoms with E-state index in [2.05, 4.69) is 52.9 Å². The number of carbonyl (C=O) groups excluding carboxylic acids is 3. The standard InChI is InChI=1S/C41H46FN11O4/c1-25-35(21-44-40-38(25)43-11-17-57-40)52-12-10-27-20-45-41(48-34(27)24-52)47-29-3-2-26(32(42)19-29)18-37(55)51-15-13-50(14-16-51)31-22-53(23-31)30-6-4-28(5-7-30)46-33-8-9-36(54)49-39(33)56/h2-7,19-21,31,33,43,46H,8-18,22-24H2,1H3,(H,45,47,48)(H,49,54,56). The number of benzene rings is 2. The van der Waals surface area contributed by atoms with Crippen molar-refractivity contribution in [3.05, 3.63) is 83.1 Å². The molecule has 3 amide bonds. The summed E-state index contributed by atoms with van der Waals surface area (Å²) in [5, 5.41) is 12.2. The van der Waals surface area contributed by atoms with E-state index in [0.29, 0.717) is 68.2 Å². The Labute approximate surface area is 330 Å². The van der Waals surface area contributed by atoms with Gasteiger partial charge < -0.3 is 35.4 Å². The summed E-state index contributed by atoms with van der Waals surface area (Å²) in [5.74, 6) is -0.0100. The summed E-state index contributed by atoms with van der Waals surface area (Å²) in [7, 11) is 0. The van der Waals surface area contributed by atoms with Crippen LogP contribution in [0.2, 0.25) is 0 Å². The summed E-state index contributed by atoms with van der Waals surface area (Å²) in [5.41, 5.74) is 7.89. The first kappa shape index (κ1) is 36.6. The molecule has 1 atom stereocenters. The molecular formula is C41H46FN11O4. The van der Waals surface area contributed by atoms with Crippen molar-refractivity contribution in [1.82, 2.24) is 30.1 Å². The fraction of sp³-hybridized carbons (Fsp3) is 0.415. The molecule has 4 aromatic rings. The second kappa shape index (κ2) is 15.5. The molecule has 5 aliphatic rings. The molecule has 0 radical (unpaired) electrons. The van der Waals surface area contributed by atoms with Crippen molar-refractivity contribution >= 4 is 52.1 Å². The number of ether oxygens (including phenoxy) is 1. The van der Waals surface area contributed by atoms with Crippen LogP contribution in [0.25, 0.3) is 0 Å². The molecule has 296 valence electrons. The van der Waals surface area contributed by atoms with Gasteiger partial charge in [-0.15, -0.1) is 0 Å². The van der Waals surface area contributed by atoms with Crippen molar-refractivity contribution in [1.29, 1.82) is 0 Å². The average Bonchev–Trinajstić information content (AvgIpc) is 3.20. The molecule has 0 aliphatic carbocycles. The highest BCUT2D eigenvalue weighted by Gasteiger charge is 2.35. The van der Waals surface area contributed by atoms with Gasteiger partial charge in [-0.2, -0.15) is 0 Å². The number of halogens is 1. The second-order valence-electron chi connectivity index (χ2n) is 15.3. The van der Waals surface area contributed by atoms with Crippen molar-refractivity contribution < 1.29 is 23.5 Å². The van der Waals surface area contributed by atoms with Gasteiger partial charge in [-0.3, -0.25) is 24.6 Å². The molecule has 2 aromatic carbocycles. The molecule has 9 rings (SSSR count). The number of imide groups is 1. The summed E-state index contributed by atoms with van der Waals surface area (Å²) in [6.45, 7) is 9.41. The summed E-state index contributed by atoms with van der Waals surface area (Å²) >= 11 is 0. The molecule has 4 N–H and O–H groups in total. The van der Waals surface area contributed by atoms with Gasteiger partial charge in [0.05, 0.1) is 30.5 Å². The van der Waals surface area contributed by atoms with E-state index in [0.717, 1.165) is 85.3 Å². The van der Waals surface area contributed by atoms with Crippen LogP contribution < -0.4 is 35.8 Å². The lowest BCUT2D eigenvalue weighted by atomic mass is 10.0. The maximum absolute atomic E-state index is 15.4. The molecule has 5 aliphatic heterocycles. The van der Waals surface area contributed by atoms with Crippen molar-refractivity contribution in [2.45, 2.75) is 51.2 Å². The Morgan fingerprint density at radius 2 is 1.77 bits per heavy atom. The molecule has 0 saturated carbocycles. The summed E-state index contributed by atoms with van der Waals surface area (Å²) in [6, 6.07) is 12.8. The zero-order chi connectivity index (χ0) is 39.0. The first-order valence-electron chi connectivity index (χ1n) is 19.7. The van der Waals surface area contributed by atoms with Crippen LogP contribution in [0.4, 0.5) is 38.8 Å². The van der Waals surface area contributed by atoms with Gasteiger partial charge >= 0.3 is 0 Å². The molecule has 7 heterocycles. The van der Waals surface area contributed by atoms with Gasteiger partial charge in [-0.1, -0.05) is 6.07 Å². The van der Waals surface area contributed by atoms with E-state index in [1.165, 1.54) is 6.07 Å². The Morgan fingerprint density at radius 3 is 2.56 bits per heavy atom. The largest absolute Gasteiger partial charge is 0.474 e. The molecule has 15 nitrogen and oxygen atoms in total. The Kier molecular flexibility index (Phi) is 9.94. The molecule has 0 spiro atoms. The number of fused-ring (bicyclic) bond motifs is 2. The number of pyridine rings is 1. The van der Waals surface area contributed by atoms with Crippen LogP contribution in [-0.2, 0) is 33.8 Å². The minimum absolute atomic E-state index is 0.00150. The lowest BCUT2D eigenvalue weighted by molar-refractivity contribution is -0.134. The fourth-order valence-corrected chi connectivity index (χ4v) is 8.31. The smallest absolute Gasteiger partial charge is 0.249 e. The van der Waals surface area contributed by atoms with E-state index in [-0.39, 0.29) is 24.1 Å². The Bertz CT molecular complexity index is 2190. The zero-order valence-corrected chi connectivity index (χ0v) is 31.9. The Balaban J connectivity index is 0.736. The first-order valence-corrected chi connectivity index (χ1v) is 19.7. The van der Waals surface area contributed by atoms with Crippen LogP contribution >= 0.6 is 0 Å². The van der Waals surface area contributed by atoms with Gasteiger partial charge in [0.25, 0.3) is 0 Å². The van der Waals surface area contributed by atoms with E-state index in [1.807, 2.05) is 41.6 Å². The number of hydrogen-bond donors (Lipinski definition) is 4. The van der Waals surface area contributed by atoms with Gasteiger partial charge in [0.15, 0.2) is 0 Å². The summed E-state index contributed by atoms with van der Waals surface area (Å²) in [6.07, 6.45) is 5.32. The number of piperazine rings is 1. The van der Waals surface area contributed by atoms with Gasteiger partial charge in [0.1, 0.15) is 24.2 Å². The van der Waals surface area contributed by atoms with Gasteiger partial charge in [-0.25, -0.2) is 19.3 Å². The van der Waals surface area contributed by atoms with Crippen LogP contribution in [0.1, 0.15) is 35.2 Å². The molecule has 16 heteroatoms. The second-order valence-corrected chi connectivity index (χ2v) is 15.3. The molecule has 1 unspecified atom stereocenters. The van der Waals surface area contributed by atoms with Crippen LogP contribution in [0.15, 0.2) is 54.9 Å². The monoisotopic (exact) mass is 775 g/mol. The van der Waals surface area contributed by atoms with E-state index in [1.54, 1.807) is 12.1 Å². The van der Waals surface area contributed by atoms with E-state index >= 15 is 4.39 Å². The predicted octanol–water partition coefficient (Wildman–Crippen LogP) is 3.22. The number of carbonyl (C=O) groups is 3. The number of anilines is 6. The van der Waals surface area contributed by atoms with Crippen molar-refractivity contribution in [2.24, 2.45) is 0 Å². The average molecular weight is 776 g/mol. The fourth-order valence-electron chi connectivity index (χ4n) is 8.31. The normalized spacial score (nSPS) is 19.8. The third-order valence-electron chi connectivity index (χ3n) is 11.7. The number of piperidine rings is 1. The van der Waals surface area contributed by atoms with E-state index < -0.39 is 11.9 Å². The Morgan fingerprint density at radius 1 is 0.965 bits per heavy atom. The minimum atomic E-state index is -0.446. The maximum atomic E-state index is 15.4. The minimum Gasteiger partial charge on any atom is -0.474 e. The van der Waals surface area contributed by atoms with Crippen LogP contribution in [0.3, 0.4) is 0 Å². The number of aromatic nitrogens is 3. The molecule has 57 heavy (non-hydrogen) atoms. The SMILES string of the molecule is Cc1c(N2CCc3cnc(Nc4ccc(CC(=O)N5CCN(C6CN(c7ccc(NC8CCC(=O)NC8=O)cc7)C6)CC5)c(F)c4)nc3C2)cnc2c1NCCO2. The topological polar surface area (TPSA) is 160 Å². The first-order chi connectivity index (χ1) is 27.7. The highest BCUT2D eigenvalue weighted by molar-refractivity contribution is 6.01. The molecule has 3 fully saturated rings. The van der Waals surface area contributed by atoms with Crippen LogP contribution in [-0.4, -0.2) is 114 Å². The van der Waals surface area contributed by atoms with E-state index in [4.69, 9.17) is 9.72 Å². The van der Waals surface area contributed by atoms with Crippen LogP contribution in [0, 0.1) is 12.7 Å². The number of amides is 3. The van der Waals surface area contributed by atoms with Crippen molar-refractivity contribution in [3.63, 3.8) is 0 Å². The van der Waals surface area contributed by atoms with Crippen molar-refractivity contribution in [2.75, 3.05) is 84.7 Å². The van der Waals surface area contributed by atoms with Gasteiger partial charge in [-0.05, 0) is 67.3 Å². The number of hydrogen-bond acceptors (Lipinski definition) is 13. The lowest BCUT2D eigenvalue weighted by Crippen LogP contribution is -2.63. The molecule has 2 aromatic heterocycles. The molecular weight excluding hydrogens is 730 g/mol. The lowest BCUT2D eigenvalue weighted by Gasteiger charge is -2.49. The highest BCUT2D eigenvalue weighted by Crippen LogP contribution is 2.36. The van der Waals surface area contributed by atoms with E-state index in [9.17, 15) is 14.4 Å². The maximum Gasteiger partial charge on any atom is 0.249 e. The summed E-state index contributed by atoms with van der Waals surface area (Å²) in [4.78, 5) is 59.5. The highest BCUT2D eigenvalue weighted by atomic mass is 19.1. The molecule has 0 bridgehead atoms. The van der Waals surface area contributed by atoms with Crippen LogP contribution in [0.5, 0.6) is 5.88 Å². The number of nitrogens with zero attached hydrogens (tertiary/aromatic N) is 7. The zero-order valence-electron chi connectivity index (χ0n) is 31.9. The predicted molar refractivity (Wildman–Crippen MR) is 214 cm³/mol. The number of rotatable bonds is 9. The van der Waals surface area contributed by atoms with Gasteiger partial charge in [0, 0.05) is 93.6 Å². The summed E-state index contributed by atoms with van der Waals surface area (Å²) < 4.78 is 21.1. The third-order valence-corrected chi connectivity index (χ3v) is 11.7. The quantitative estimate of drug-likeness (QED) is 0.184. The van der Waals surface area contributed by atoms with Gasteiger partial charge in [0.2, 0.25) is 29.5 Å². The third kappa shape index (κ3) is 7.73.